The molecule has 3 aromatic carbocycles. The van der Waals surface area contributed by atoms with Gasteiger partial charge in [0.15, 0.2) is 0 Å². The van der Waals surface area contributed by atoms with Crippen molar-refractivity contribution in [2.24, 2.45) is 0 Å². The number of carbonyl (C=O) groups excluding carboxylic acids is 3. The lowest BCUT2D eigenvalue weighted by atomic mass is 10.0. The van der Waals surface area contributed by atoms with E-state index in [1.807, 2.05) is 13.0 Å². The summed E-state index contributed by atoms with van der Waals surface area (Å²) in [5.41, 5.74) is 2.00. The molecule has 2 N–H and O–H groups in total. The highest BCUT2D eigenvalue weighted by Crippen LogP contribution is 2.27. The fourth-order valence-corrected chi connectivity index (χ4v) is 4.01. The lowest BCUT2D eigenvalue weighted by Gasteiger charge is -2.25. The minimum absolute atomic E-state index is 0.0196. The maximum absolute atomic E-state index is 14.4. The summed E-state index contributed by atoms with van der Waals surface area (Å²) in [6, 6.07) is 17.5. The van der Waals surface area contributed by atoms with Gasteiger partial charge in [0, 0.05) is 6.42 Å². The number of amides is 4. The van der Waals surface area contributed by atoms with Crippen molar-refractivity contribution < 1.29 is 23.5 Å². The molecule has 1 unspecified atom stereocenters. The minimum atomic E-state index is -1.18. The number of nitrogens with zero attached hydrogens (tertiary/aromatic N) is 1. The van der Waals surface area contributed by atoms with Gasteiger partial charge in [-0.1, -0.05) is 48.5 Å². The molecule has 1 heterocycles. The predicted molar refractivity (Wildman–Crippen MR) is 129 cm³/mol. The standard InChI is InChI=1S/C27H26FN3O4/c1-3-35-20-12-10-19(11-13-20)24-26(33)31(27(34)30-24)23(16-18-7-5-4-6-8-18)25(32)29-22-14-9-17(2)15-21(22)28/h4-15,23-24H,3,16H2,1-2H3,(H,29,32)(H,30,34)/t23?,24-/m1/s1. The van der Waals surface area contributed by atoms with E-state index in [9.17, 15) is 18.8 Å². The number of nitrogens with one attached hydrogen (secondary N) is 2. The highest BCUT2D eigenvalue weighted by Gasteiger charge is 2.45. The second kappa shape index (κ2) is 10.4. The number of halogens is 1. The molecule has 0 radical (unpaired) electrons. The van der Waals surface area contributed by atoms with Crippen LogP contribution in [0, 0.1) is 12.7 Å². The number of imide groups is 1. The zero-order valence-electron chi connectivity index (χ0n) is 19.5. The van der Waals surface area contributed by atoms with E-state index in [0.717, 1.165) is 10.5 Å². The molecular formula is C27H26FN3O4. The van der Waals surface area contributed by atoms with Gasteiger partial charge in [0.25, 0.3) is 5.91 Å². The molecule has 4 amide bonds. The number of urea groups is 1. The summed E-state index contributed by atoms with van der Waals surface area (Å²) in [6.07, 6.45) is 0.0787. The van der Waals surface area contributed by atoms with Crippen molar-refractivity contribution in [3.05, 3.63) is 95.3 Å². The van der Waals surface area contributed by atoms with Crippen LogP contribution in [-0.4, -0.2) is 35.4 Å². The fourth-order valence-electron chi connectivity index (χ4n) is 4.01. The Morgan fingerprint density at radius 2 is 1.80 bits per heavy atom. The van der Waals surface area contributed by atoms with Crippen LogP contribution in [0.2, 0.25) is 0 Å². The van der Waals surface area contributed by atoms with Crippen molar-refractivity contribution in [3.63, 3.8) is 0 Å². The molecule has 7 nitrogen and oxygen atoms in total. The third-order valence-electron chi connectivity index (χ3n) is 5.76. The van der Waals surface area contributed by atoms with Crippen molar-refractivity contribution in [1.82, 2.24) is 10.2 Å². The van der Waals surface area contributed by atoms with Gasteiger partial charge in [0.2, 0.25) is 5.91 Å². The van der Waals surface area contributed by atoms with Gasteiger partial charge in [-0.3, -0.25) is 9.59 Å². The first kappa shape index (κ1) is 23.9. The number of ether oxygens (including phenoxy) is 1. The van der Waals surface area contributed by atoms with Gasteiger partial charge < -0.3 is 15.4 Å². The first-order valence-corrected chi connectivity index (χ1v) is 11.3. The molecule has 1 fully saturated rings. The van der Waals surface area contributed by atoms with Crippen molar-refractivity contribution >= 4 is 23.5 Å². The van der Waals surface area contributed by atoms with Crippen LogP contribution in [0.1, 0.15) is 29.7 Å². The maximum atomic E-state index is 14.4. The van der Waals surface area contributed by atoms with Crippen molar-refractivity contribution in [2.75, 3.05) is 11.9 Å². The van der Waals surface area contributed by atoms with Gasteiger partial charge in [-0.15, -0.1) is 0 Å². The summed E-state index contributed by atoms with van der Waals surface area (Å²) in [6.45, 7) is 4.11. The summed E-state index contributed by atoms with van der Waals surface area (Å²) in [7, 11) is 0. The maximum Gasteiger partial charge on any atom is 0.325 e. The van der Waals surface area contributed by atoms with E-state index in [1.165, 1.54) is 12.1 Å². The topological polar surface area (TPSA) is 87.7 Å². The zero-order chi connectivity index (χ0) is 24.9. The molecule has 4 rings (SSSR count). The number of hydrogen-bond donors (Lipinski definition) is 2. The highest BCUT2D eigenvalue weighted by molar-refractivity contribution is 6.09. The normalized spacial score (nSPS) is 16.1. The van der Waals surface area contributed by atoms with E-state index in [4.69, 9.17) is 4.74 Å². The molecule has 35 heavy (non-hydrogen) atoms. The van der Waals surface area contributed by atoms with Crippen LogP contribution in [0.3, 0.4) is 0 Å². The molecule has 1 saturated heterocycles. The Balaban J connectivity index is 1.62. The highest BCUT2D eigenvalue weighted by atomic mass is 19.1. The van der Waals surface area contributed by atoms with E-state index >= 15 is 0 Å². The van der Waals surface area contributed by atoms with Crippen LogP contribution in [0.4, 0.5) is 14.9 Å². The van der Waals surface area contributed by atoms with Gasteiger partial charge in [-0.25, -0.2) is 14.1 Å². The Labute approximate surface area is 202 Å². The molecule has 3 aromatic rings. The number of rotatable bonds is 8. The summed E-state index contributed by atoms with van der Waals surface area (Å²) in [4.78, 5) is 40.6. The molecular weight excluding hydrogens is 449 g/mol. The molecule has 0 aliphatic carbocycles. The predicted octanol–water partition coefficient (Wildman–Crippen LogP) is 4.38. The second-order valence-electron chi connectivity index (χ2n) is 8.27. The zero-order valence-corrected chi connectivity index (χ0v) is 19.5. The third kappa shape index (κ3) is 5.32. The van der Waals surface area contributed by atoms with Crippen molar-refractivity contribution in [1.29, 1.82) is 0 Å². The van der Waals surface area contributed by atoms with Crippen LogP contribution < -0.4 is 15.4 Å². The Morgan fingerprint density at radius 3 is 2.46 bits per heavy atom. The van der Waals surface area contributed by atoms with Crippen LogP contribution in [0.25, 0.3) is 0 Å². The van der Waals surface area contributed by atoms with E-state index in [1.54, 1.807) is 61.5 Å². The van der Waals surface area contributed by atoms with E-state index in [2.05, 4.69) is 10.6 Å². The molecule has 2 atom stereocenters. The molecule has 1 aliphatic heterocycles. The van der Waals surface area contributed by atoms with Gasteiger partial charge in [0.05, 0.1) is 12.3 Å². The minimum Gasteiger partial charge on any atom is -0.494 e. The third-order valence-corrected chi connectivity index (χ3v) is 5.76. The summed E-state index contributed by atoms with van der Waals surface area (Å²) >= 11 is 0. The molecule has 1 aliphatic rings. The Morgan fingerprint density at radius 1 is 1.09 bits per heavy atom. The van der Waals surface area contributed by atoms with Gasteiger partial charge >= 0.3 is 6.03 Å². The van der Waals surface area contributed by atoms with Gasteiger partial charge in [-0.2, -0.15) is 0 Å². The lowest BCUT2D eigenvalue weighted by Crippen LogP contribution is -2.49. The molecule has 0 saturated carbocycles. The van der Waals surface area contributed by atoms with Crippen LogP contribution in [0.5, 0.6) is 5.75 Å². The van der Waals surface area contributed by atoms with Gasteiger partial charge in [0.1, 0.15) is 23.7 Å². The van der Waals surface area contributed by atoms with Gasteiger partial charge in [-0.05, 0) is 54.8 Å². The number of carbonyl (C=O) groups is 3. The van der Waals surface area contributed by atoms with Crippen LogP contribution in [0.15, 0.2) is 72.8 Å². The van der Waals surface area contributed by atoms with E-state index < -0.39 is 35.7 Å². The summed E-state index contributed by atoms with van der Waals surface area (Å²) < 4.78 is 19.9. The molecule has 180 valence electrons. The number of aryl methyl sites for hydroxylation is 1. The largest absolute Gasteiger partial charge is 0.494 e. The van der Waals surface area contributed by atoms with Crippen molar-refractivity contribution in [3.8, 4) is 5.75 Å². The summed E-state index contributed by atoms with van der Waals surface area (Å²) in [5.74, 6) is -1.17. The molecule has 0 aromatic heterocycles. The Hall–Kier alpha value is -4.20. The summed E-state index contributed by atoms with van der Waals surface area (Å²) in [5, 5.41) is 5.22. The quantitative estimate of drug-likeness (QED) is 0.474. The first-order valence-electron chi connectivity index (χ1n) is 11.3. The average molecular weight is 476 g/mol. The SMILES string of the molecule is CCOc1ccc([C@H]2NC(=O)N(C(Cc3ccccc3)C(=O)Nc3ccc(C)cc3F)C2=O)cc1. The van der Waals surface area contributed by atoms with Crippen molar-refractivity contribution in [2.45, 2.75) is 32.4 Å². The molecule has 0 spiro atoms. The van der Waals surface area contributed by atoms with E-state index in [-0.39, 0.29) is 12.1 Å². The molecule has 8 heteroatoms. The number of benzene rings is 3. The van der Waals surface area contributed by atoms with Crippen LogP contribution in [-0.2, 0) is 16.0 Å². The lowest BCUT2D eigenvalue weighted by molar-refractivity contribution is -0.134. The smallest absolute Gasteiger partial charge is 0.325 e. The Kier molecular flexibility index (Phi) is 7.10. The van der Waals surface area contributed by atoms with E-state index in [0.29, 0.717) is 23.5 Å². The monoisotopic (exact) mass is 475 g/mol. The number of anilines is 1. The van der Waals surface area contributed by atoms with Crippen LogP contribution >= 0.6 is 0 Å². The average Bonchev–Trinajstić information content (AvgIpc) is 3.14. The fraction of sp³-hybridized carbons (Fsp3) is 0.222. The number of hydrogen-bond acceptors (Lipinski definition) is 4. The first-order chi connectivity index (χ1) is 16.9. The Bertz CT molecular complexity index is 1230. The molecule has 0 bridgehead atoms. The second-order valence-corrected chi connectivity index (χ2v) is 8.27.